The molecule has 2 N–H and O–H groups in total. The average Bonchev–Trinajstić information content (AvgIpc) is 2.50. The van der Waals surface area contributed by atoms with Crippen molar-refractivity contribution in [2.24, 2.45) is 0 Å². The molecule has 1 atom stereocenters. The highest BCUT2D eigenvalue weighted by Crippen LogP contribution is 2.07. The van der Waals surface area contributed by atoms with Gasteiger partial charge in [0.25, 0.3) is 5.56 Å². The van der Waals surface area contributed by atoms with Gasteiger partial charge < -0.3 is 9.67 Å². The largest absolute Gasteiger partial charge is 0.390 e. The molecule has 1 aromatic heterocycles. The summed E-state index contributed by atoms with van der Waals surface area (Å²) in [5.41, 5.74) is 1.49. The van der Waals surface area contributed by atoms with Crippen molar-refractivity contribution in [3.63, 3.8) is 0 Å². The zero-order chi connectivity index (χ0) is 16.9. The summed E-state index contributed by atoms with van der Waals surface area (Å²) < 4.78 is 27.7. The molecule has 2 aromatic rings. The minimum atomic E-state index is -3.54. The first-order chi connectivity index (χ1) is 10.9. The Bertz CT molecular complexity index is 797. The highest BCUT2D eigenvalue weighted by molar-refractivity contribution is 7.88. The standard InChI is InChI=1S/C16H20N2O4S/c1-13-5-7-14(8-6-13)12-23(21,22)17-10-15(19)11-18-9-3-2-4-16(18)20/h2-9,15,17,19H,10-12H2,1H3. The SMILES string of the molecule is Cc1ccc(CS(=O)(=O)NCC(O)Cn2ccccc2=O)cc1. The molecule has 23 heavy (non-hydrogen) atoms. The third-order valence-corrected chi connectivity index (χ3v) is 4.64. The maximum absolute atomic E-state index is 12.0. The Morgan fingerprint density at radius 1 is 1.17 bits per heavy atom. The van der Waals surface area contributed by atoms with Crippen LogP contribution in [0.3, 0.4) is 0 Å². The molecule has 0 amide bonds. The van der Waals surface area contributed by atoms with Crippen LogP contribution in [-0.4, -0.2) is 30.7 Å². The summed E-state index contributed by atoms with van der Waals surface area (Å²) in [6.45, 7) is 1.82. The molecular formula is C16H20N2O4S. The van der Waals surface area contributed by atoms with Gasteiger partial charge in [0.1, 0.15) is 0 Å². The summed E-state index contributed by atoms with van der Waals surface area (Å²) in [5, 5.41) is 9.91. The fraction of sp³-hybridized carbons (Fsp3) is 0.312. The minimum absolute atomic E-state index is 0.0344. The second-order valence-electron chi connectivity index (χ2n) is 5.44. The normalized spacial score (nSPS) is 13.0. The number of benzene rings is 1. The van der Waals surface area contributed by atoms with Crippen molar-refractivity contribution in [2.75, 3.05) is 6.54 Å². The molecule has 0 saturated heterocycles. The Balaban J connectivity index is 1.90. The molecule has 1 heterocycles. The Morgan fingerprint density at radius 3 is 2.52 bits per heavy atom. The summed E-state index contributed by atoms with van der Waals surface area (Å²) in [6.07, 6.45) is 0.565. The van der Waals surface area contributed by atoms with E-state index in [4.69, 9.17) is 0 Å². The van der Waals surface area contributed by atoms with Gasteiger partial charge in [0.2, 0.25) is 10.0 Å². The summed E-state index contributed by atoms with van der Waals surface area (Å²) >= 11 is 0. The lowest BCUT2D eigenvalue weighted by Gasteiger charge is -2.13. The van der Waals surface area contributed by atoms with Gasteiger partial charge >= 0.3 is 0 Å². The van der Waals surface area contributed by atoms with Crippen molar-refractivity contribution in [1.82, 2.24) is 9.29 Å². The highest BCUT2D eigenvalue weighted by atomic mass is 32.2. The number of nitrogens with one attached hydrogen (secondary N) is 1. The predicted octanol–water partition coefficient (Wildman–Crippen LogP) is 0.637. The van der Waals surface area contributed by atoms with Gasteiger partial charge in [0.15, 0.2) is 0 Å². The molecular weight excluding hydrogens is 316 g/mol. The van der Waals surface area contributed by atoms with Crippen molar-refractivity contribution in [1.29, 1.82) is 0 Å². The average molecular weight is 336 g/mol. The van der Waals surface area contributed by atoms with E-state index in [1.54, 1.807) is 30.5 Å². The molecule has 2 rings (SSSR count). The van der Waals surface area contributed by atoms with E-state index in [1.165, 1.54) is 10.6 Å². The van der Waals surface area contributed by atoms with Gasteiger partial charge in [0, 0.05) is 18.8 Å². The summed E-state index contributed by atoms with van der Waals surface area (Å²) in [7, 11) is -3.54. The molecule has 0 aliphatic rings. The maximum Gasteiger partial charge on any atom is 0.250 e. The van der Waals surface area contributed by atoms with Crippen molar-refractivity contribution in [3.8, 4) is 0 Å². The molecule has 7 heteroatoms. The number of pyridine rings is 1. The van der Waals surface area contributed by atoms with Crippen LogP contribution in [0, 0.1) is 6.92 Å². The monoisotopic (exact) mass is 336 g/mol. The molecule has 0 spiro atoms. The lowest BCUT2D eigenvalue weighted by atomic mass is 10.2. The Labute approximate surface area is 135 Å². The molecule has 0 bridgehead atoms. The molecule has 0 fully saturated rings. The summed E-state index contributed by atoms with van der Waals surface area (Å²) in [6, 6.07) is 11.9. The first-order valence-corrected chi connectivity index (χ1v) is 8.87. The second kappa shape index (κ2) is 7.54. The number of sulfonamides is 1. The number of aliphatic hydroxyl groups is 1. The lowest BCUT2D eigenvalue weighted by molar-refractivity contribution is 0.156. The van der Waals surface area contributed by atoms with Crippen LogP contribution in [-0.2, 0) is 22.3 Å². The second-order valence-corrected chi connectivity index (χ2v) is 7.25. The molecule has 1 unspecified atom stereocenters. The van der Waals surface area contributed by atoms with Crippen molar-refractivity contribution in [3.05, 3.63) is 70.1 Å². The van der Waals surface area contributed by atoms with E-state index in [-0.39, 0.29) is 24.4 Å². The van der Waals surface area contributed by atoms with Crippen LogP contribution in [0.4, 0.5) is 0 Å². The van der Waals surface area contributed by atoms with Gasteiger partial charge in [-0.1, -0.05) is 35.9 Å². The molecule has 0 aliphatic heterocycles. The van der Waals surface area contributed by atoms with Crippen LogP contribution in [0.1, 0.15) is 11.1 Å². The summed E-state index contributed by atoms with van der Waals surface area (Å²) in [5.74, 6) is -0.148. The number of aliphatic hydroxyl groups excluding tert-OH is 1. The van der Waals surface area contributed by atoms with Crippen LogP contribution in [0.25, 0.3) is 0 Å². The fourth-order valence-electron chi connectivity index (χ4n) is 2.08. The molecule has 1 aromatic carbocycles. The van der Waals surface area contributed by atoms with Gasteiger partial charge in [-0.3, -0.25) is 4.79 Å². The van der Waals surface area contributed by atoms with E-state index < -0.39 is 16.1 Å². The smallest absolute Gasteiger partial charge is 0.250 e. The van der Waals surface area contributed by atoms with Crippen molar-refractivity contribution >= 4 is 10.0 Å². The Hall–Kier alpha value is -1.96. The molecule has 0 radical (unpaired) electrons. The third-order valence-electron chi connectivity index (χ3n) is 3.32. The van der Waals surface area contributed by atoms with Gasteiger partial charge in [-0.05, 0) is 18.6 Å². The van der Waals surface area contributed by atoms with Gasteiger partial charge in [-0.25, -0.2) is 13.1 Å². The Kier molecular flexibility index (Phi) is 5.70. The molecule has 0 saturated carbocycles. The minimum Gasteiger partial charge on any atom is -0.390 e. The third kappa shape index (κ3) is 5.63. The van der Waals surface area contributed by atoms with E-state index >= 15 is 0 Å². The number of nitrogens with zero attached hydrogens (tertiary/aromatic N) is 1. The van der Waals surface area contributed by atoms with E-state index in [2.05, 4.69) is 4.72 Å². The van der Waals surface area contributed by atoms with Crippen molar-refractivity contribution < 1.29 is 13.5 Å². The molecule has 6 nitrogen and oxygen atoms in total. The van der Waals surface area contributed by atoms with E-state index in [1.807, 2.05) is 19.1 Å². The van der Waals surface area contributed by atoms with E-state index in [9.17, 15) is 18.3 Å². The van der Waals surface area contributed by atoms with Gasteiger partial charge in [-0.15, -0.1) is 0 Å². The number of aromatic nitrogens is 1. The van der Waals surface area contributed by atoms with Crippen molar-refractivity contribution in [2.45, 2.75) is 25.3 Å². The Morgan fingerprint density at radius 2 is 1.87 bits per heavy atom. The zero-order valence-corrected chi connectivity index (χ0v) is 13.7. The zero-order valence-electron chi connectivity index (χ0n) is 12.8. The van der Waals surface area contributed by atoms with Gasteiger partial charge in [0.05, 0.1) is 18.4 Å². The van der Waals surface area contributed by atoms with E-state index in [0.29, 0.717) is 5.56 Å². The van der Waals surface area contributed by atoms with Crippen LogP contribution < -0.4 is 10.3 Å². The van der Waals surface area contributed by atoms with Crippen LogP contribution in [0.5, 0.6) is 0 Å². The number of aryl methyl sites for hydroxylation is 1. The first kappa shape index (κ1) is 17.4. The van der Waals surface area contributed by atoms with E-state index in [0.717, 1.165) is 5.56 Å². The summed E-state index contributed by atoms with van der Waals surface area (Å²) in [4.78, 5) is 11.5. The van der Waals surface area contributed by atoms with Gasteiger partial charge in [-0.2, -0.15) is 0 Å². The topological polar surface area (TPSA) is 88.4 Å². The quantitative estimate of drug-likeness (QED) is 0.776. The lowest BCUT2D eigenvalue weighted by Crippen LogP contribution is -2.36. The number of hydrogen-bond acceptors (Lipinski definition) is 4. The first-order valence-electron chi connectivity index (χ1n) is 7.22. The fourth-order valence-corrected chi connectivity index (χ4v) is 3.26. The highest BCUT2D eigenvalue weighted by Gasteiger charge is 2.14. The molecule has 124 valence electrons. The molecule has 0 aliphatic carbocycles. The predicted molar refractivity (Wildman–Crippen MR) is 88.5 cm³/mol. The van der Waals surface area contributed by atoms with Crippen LogP contribution in [0.2, 0.25) is 0 Å². The number of rotatable bonds is 7. The van der Waals surface area contributed by atoms with Crippen LogP contribution in [0.15, 0.2) is 53.5 Å². The number of hydrogen-bond donors (Lipinski definition) is 2. The van der Waals surface area contributed by atoms with Crippen LogP contribution >= 0.6 is 0 Å². The maximum atomic E-state index is 12.0.